The maximum atomic E-state index is 5.70. The minimum atomic E-state index is -0.172. The molecule has 2 fully saturated rings. The van der Waals surface area contributed by atoms with E-state index in [2.05, 4.69) is 22.4 Å². The van der Waals surface area contributed by atoms with Gasteiger partial charge in [0, 0.05) is 7.11 Å². The Kier molecular flexibility index (Phi) is 4.60. The van der Waals surface area contributed by atoms with Crippen molar-refractivity contribution in [3.63, 3.8) is 0 Å². The van der Waals surface area contributed by atoms with E-state index in [9.17, 15) is 0 Å². The SMILES string of the molecule is COC(c1noc(C2(C)CCCCN2)n1)C1CCCCC1. The third-order valence-corrected chi connectivity index (χ3v) is 5.12. The van der Waals surface area contributed by atoms with Gasteiger partial charge in [0.1, 0.15) is 6.10 Å². The van der Waals surface area contributed by atoms with Gasteiger partial charge in [-0.2, -0.15) is 4.98 Å². The number of methoxy groups -OCH3 is 1. The normalized spacial score (nSPS) is 29.4. The average Bonchev–Trinajstić information content (AvgIpc) is 3.00. The highest BCUT2D eigenvalue weighted by atomic mass is 16.5. The fraction of sp³-hybridized carbons (Fsp3) is 0.875. The summed E-state index contributed by atoms with van der Waals surface area (Å²) in [6.45, 7) is 3.18. The van der Waals surface area contributed by atoms with Gasteiger partial charge in [-0.3, -0.25) is 0 Å². The molecule has 21 heavy (non-hydrogen) atoms. The van der Waals surface area contributed by atoms with Crippen molar-refractivity contribution in [1.82, 2.24) is 15.5 Å². The Morgan fingerprint density at radius 1 is 1.24 bits per heavy atom. The van der Waals surface area contributed by atoms with E-state index in [1.807, 2.05) is 0 Å². The number of hydrogen-bond donors (Lipinski definition) is 1. The molecule has 1 saturated carbocycles. The van der Waals surface area contributed by atoms with Crippen molar-refractivity contribution in [3.8, 4) is 0 Å². The van der Waals surface area contributed by atoms with Crippen molar-refractivity contribution in [2.45, 2.75) is 69.9 Å². The first-order valence-electron chi connectivity index (χ1n) is 8.35. The van der Waals surface area contributed by atoms with E-state index < -0.39 is 0 Å². The second kappa shape index (κ2) is 6.44. The third kappa shape index (κ3) is 3.14. The fourth-order valence-corrected chi connectivity index (χ4v) is 3.76. The molecule has 0 aromatic carbocycles. The van der Waals surface area contributed by atoms with E-state index in [4.69, 9.17) is 9.26 Å². The summed E-state index contributed by atoms with van der Waals surface area (Å²) < 4.78 is 11.3. The lowest BCUT2D eigenvalue weighted by atomic mass is 9.85. The van der Waals surface area contributed by atoms with Crippen LogP contribution in [0.25, 0.3) is 0 Å². The highest BCUT2D eigenvalue weighted by molar-refractivity contribution is 5.05. The Hall–Kier alpha value is -0.940. The molecule has 2 unspecified atom stereocenters. The number of ether oxygens (including phenoxy) is 1. The van der Waals surface area contributed by atoms with Crippen molar-refractivity contribution < 1.29 is 9.26 Å². The zero-order chi connectivity index (χ0) is 14.7. The molecule has 5 nitrogen and oxygen atoms in total. The molecule has 5 heteroatoms. The Bertz CT molecular complexity index is 448. The van der Waals surface area contributed by atoms with E-state index in [0.717, 1.165) is 24.7 Å². The van der Waals surface area contributed by atoms with Crippen molar-refractivity contribution in [2.75, 3.05) is 13.7 Å². The van der Waals surface area contributed by atoms with Gasteiger partial charge in [-0.25, -0.2) is 0 Å². The quantitative estimate of drug-likeness (QED) is 0.922. The molecule has 2 atom stereocenters. The zero-order valence-electron chi connectivity index (χ0n) is 13.2. The average molecular weight is 293 g/mol. The molecular formula is C16H27N3O2. The molecule has 0 radical (unpaired) electrons. The summed E-state index contributed by atoms with van der Waals surface area (Å²) in [5.74, 6) is 1.98. The summed E-state index contributed by atoms with van der Waals surface area (Å²) in [4.78, 5) is 4.69. The minimum absolute atomic E-state index is 0.0185. The number of rotatable bonds is 4. The summed E-state index contributed by atoms with van der Waals surface area (Å²) in [7, 11) is 1.76. The summed E-state index contributed by atoms with van der Waals surface area (Å²) >= 11 is 0. The van der Waals surface area contributed by atoms with Crippen LogP contribution in [0.4, 0.5) is 0 Å². The third-order valence-electron chi connectivity index (χ3n) is 5.12. The minimum Gasteiger partial charge on any atom is -0.373 e. The molecule has 2 aliphatic rings. The highest BCUT2D eigenvalue weighted by Gasteiger charge is 2.36. The molecule has 2 heterocycles. The lowest BCUT2D eigenvalue weighted by molar-refractivity contribution is 0.0273. The summed E-state index contributed by atoms with van der Waals surface area (Å²) in [6, 6.07) is 0. The Labute approximate surface area is 126 Å². The van der Waals surface area contributed by atoms with Gasteiger partial charge >= 0.3 is 0 Å². The zero-order valence-corrected chi connectivity index (χ0v) is 13.2. The first kappa shape index (κ1) is 15.0. The Morgan fingerprint density at radius 2 is 2.05 bits per heavy atom. The molecule has 3 rings (SSSR count). The molecule has 1 aromatic heterocycles. The fourth-order valence-electron chi connectivity index (χ4n) is 3.76. The number of nitrogens with zero attached hydrogens (tertiary/aromatic N) is 2. The van der Waals surface area contributed by atoms with Crippen LogP contribution in [0.15, 0.2) is 4.52 Å². The van der Waals surface area contributed by atoms with Crippen molar-refractivity contribution in [3.05, 3.63) is 11.7 Å². The van der Waals surface area contributed by atoms with Crippen molar-refractivity contribution in [2.24, 2.45) is 5.92 Å². The predicted molar refractivity (Wildman–Crippen MR) is 79.8 cm³/mol. The number of piperidine rings is 1. The lowest BCUT2D eigenvalue weighted by Gasteiger charge is -2.31. The van der Waals surface area contributed by atoms with E-state index in [0.29, 0.717) is 5.92 Å². The van der Waals surface area contributed by atoms with Gasteiger partial charge < -0.3 is 14.6 Å². The van der Waals surface area contributed by atoms with E-state index >= 15 is 0 Å². The molecule has 118 valence electrons. The first-order chi connectivity index (χ1) is 10.2. The van der Waals surface area contributed by atoms with Crippen LogP contribution in [0.5, 0.6) is 0 Å². The Morgan fingerprint density at radius 3 is 2.71 bits per heavy atom. The topological polar surface area (TPSA) is 60.2 Å². The second-order valence-corrected chi connectivity index (χ2v) is 6.73. The van der Waals surface area contributed by atoms with Crippen molar-refractivity contribution in [1.29, 1.82) is 0 Å². The van der Waals surface area contributed by atoms with Crippen LogP contribution >= 0.6 is 0 Å². The summed E-state index contributed by atoms with van der Waals surface area (Å²) in [5.41, 5.74) is -0.172. The Balaban J connectivity index is 1.76. The smallest absolute Gasteiger partial charge is 0.246 e. The lowest BCUT2D eigenvalue weighted by Crippen LogP contribution is -2.43. The summed E-state index contributed by atoms with van der Waals surface area (Å²) in [5, 5.41) is 7.76. The molecule has 1 aliphatic carbocycles. The molecule has 0 bridgehead atoms. The number of aromatic nitrogens is 2. The molecule has 1 aliphatic heterocycles. The predicted octanol–water partition coefficient (Wildman–Crippen LogP) is 3.33. The molecule has 1 saturated heterocycles. The van der Waals surface area contributed by atoms with E-state index in [-0.39, 0.29) is 11.6 Å². The van der Waals surface area contributed by atoms with E-state index in [1.165, 1.54) is 44.9 Å². The largest absolute Gasteiger partial charge is 0.373 e. The first-order valence-corrected chi connectivity index (χ1v) is 8.35. The molecule has 0 spiro atoms. The number of nitrogens with one attached hydrogen (secondary N) is 1. The van der Waals surface area contributed by atoms with Crippen LogP contribution in [0, 0.1) is 5.92 Å². The van der Waals surface area contributed by atoms with Gasteiger partial charge in [0.15, 0.2) is 0 Å². The van der Waals surface area contributed by atoms with Gasteiger partial charge in [0.2, 0.25) is 11.7 Å². The molecule has 1 N–H and O–H groups in total. The van der Waals surface area contributed by atoms with Gasteiger partial charge in [-0.05, 0) is 51.5 Å². The van der Waals surface area contributed by atoms with Gasteiger partial charge in [-0.1, -0.05) is 24.4 Å². The van der Waals surface area contributed by atoms with Crippen LogP contribution in [0.2, 0.25) is 0 Å². The van der Waals surface area contributed by atoms with Gasteiger partial charge in [-0.15, -0.1) is 0 Å². The second-order valence-electron chi connectivity index (χ2n) is 6.73. The summed E-state index contributed by atoms with van der Waals surface area (Å²) in [6.07, 6.45) is 9.78. The van der Waals surface area contributed by atoms with Crippen LogP contribution in [-0.2, 0) is 10.3 Å². The van der Waals surface area contributed by atoms with Crippen LogP contribution < -0.4 is 5.32 Å². The maximum Gasteiger partial charge on any atom is 0.246 e. The molecule has 0 amide bonds. The van der Waals surface area contributed by atoms with Crippen LogP contribution in [0.3, 0.4) is 0 Å². The molecular weight excluding hydrogens is 266 g/mol. The number of hydrogen-bond acceptors (Lipinski definition) is 5. The highest BCUT2D eigenvalue weighted by Crippen LogP contribution is 2.36. The van der Waals surface area contributed by atoms with Gasteiger partial charge in [0.25, 0.3) is 0 Å². The van der Waals surface area contributed by atoms with Crippen LogP contribution in [-0.4, -0.2) is 23.8 Å². The van der Waals surface area contributed by atoms with Gasteiger partial charge in [0.05, 0.1) is 5.54 Å². The standard InChI is InChI=1S/C16H27N3O2/c1-16(10-6-7-11-17-16)15-18-14(19-21-15)13(20-2)12-8-4-3-5-9-12/h12-13,17H,3-11H2,1-2H3. The van der Waals surface area contributed by atoms with Crippen LogP contribution in [0.1, 0.15) is 76.1 Å². The maximum absolute atomic E-state index is 5.70. The van der Waals surface area contributed by atoms with E-state index in [1.54, 1.807) is 7.11 Å². The van der Waals surface area contributed by atoms with Crippen molar-refractivity contribution >= 4 is 0 Å². The molecule has 1 aromatic rings. The monoisotopic (exact) mass is 293 g/mol.